The van der Waals surface area contributed by atoms with Crippen molar-refractivity contribution in [1.82, 2.24) is 5.32 Å². The van der Waals surface area contributed by atoms with Crippen LogP contribution in [0, 0.1) is 5.92 Å². The van der Waals surface area contributed by atoms with Crippen molar-refractivity contribution >= 4 is 18.4 Å². The first-order valence-electron chi connectivity index (χ1n) is 4.69. The van der Waals surface area contributed by atoms with Crippen LogP contribution in [0.15, 0.2) is 0 Å². The van der Waals surface area contributed by atoms with Crippen LogP contribution in [0.5, 0.6) is 0 Å². The summed E-state index contributed by atoms with van der Waals surface area (Å²) in [5.41, 5.74) is 0. The van der Waals surface area contributed by atoms with E-state index in [1.54, 1.807) is 6.92 Å². The molecule has 1 saturated heterocycles. The maximum Gasteiger partial charge on any atom is 0.306 e. The van der Waals surface area contributed by atoms with E-state index in [9.17, 15) is 4.79 Å². The maximum atomic E-state index is 10.6. The predicted molar refractivity (Wildman–Crippen MR) is 55.9 cm³/mol. The number of aliphatic carboxylic acids is 1. The molecule has 14 heavy (non-hydrogen) atoms. The zero-order chi connectivity index (χ0) is 9.84. The molecule has 0 radical (unpaired) electrons. The average molecular weight is 224 g/mol. The topological polar surface area (TPSA) is 58.6 Å². The third kappa shape index (κ3) is 3.82. The molecule has 1 rings (SSSR count). The van der Waals surface area contributed by atoms with Crippen LogP contribution in [0.3, 0.4) is 0 Å². The van der Waals surface area contributed by atoms with Gasteiger partial charge in [-0.15, -0.1) is 12.4 Å². The number of rotatable bonds is 3. The molecular weight excluding hydrogens is 206 g/mol. The van der Waals surface area contributed by atoms with Gasteiger partial charge in [-0.1, -0.05) is 6.92 Å². The van der Waals surface area contributed by atoms with E-state index >= 15 is 0 Å². The fourth-order valence-electron chi connectivity index (χ4n) is 1.53. The standard InChI is InChI=1S/C9H17NO3.ClH/c1-6(9(11)12)5-8-7(2)13-4-3-10-8;/h6-8,10H,3-5H2,1-2H3,(H,11,12);1H/t6?,7-,8-;/m1./s1. The van der Waals surface area contributed by atoms with Crippen molar-refractivity contribution < 1.29 is 14.6 Å². The zero-order valence-electron chi connectivity index (χ0n) is 8.53. The number of morpholine rings is 1. The second kappa shape index (κ2) is 6.22. The van der Waals surface area contributed by atoms with E-state index in [2.05, 4.69) is 5.32 Å². The van der Waals surface area contributed by atoms with Gasteiger partial charge in [0.1, 0.15) is 0 Å². The Morgan fingerprint density at radius 3 is 2.86 bits per heavy atom. The minimum atomic E-state index is -0.737. The lowest BCUT2D eigenvalue weighted by Gasteiger charge is -2.31. The van der Waals surface area contributed by atoms with E-state index in [1.807, 2.05) is 6.92 Å². The molecular formula is C9H18ClNO3. The number of ether oxygens (including phenoxy) is 1. The highest BCUT2D eigenvalue weighted by atomic mass is 35.5. The van der Waals surface area contributed by atoms with Gasteiger partial charge in [-0.25, -0.2) is 0 Å². The summed E-state index contributed by atoms with van der Waals surface area (Å²) in [6.45, 7) is 5.25. The van der Waals surface area contributed by atoms with Crippen LogP contribution in [0.2, 0.25) is 0 Å². The molecule has 0 aromatic rings. The second-order valence-corrected chi connectivity index (χ2v) is 3.61. The van der Waals surface area contributed by atoms with Crippen molar-refractivity contribution in [1.29, 1.82) is 0 Å². The summed E-state index contributed by atoms with van der Waals surface area (Å²) in [4.78, 5) is 10.6. The smallest absolute Gasteiger partial charge is 0.306 e. The Labute approximate surface area is 90.4 Å². The first-order valence-corrected chi connectivity index (χ1v) is 4.69. The Hall–Kier alpha value is -0.320. The van der Waals surface area contributed by atoms with Crippen molar-refractivity contribution in [2.45, 2.75) is 32.4 Å². The van der Waals surface area contributed by atoms with Crippen molar-refractivity contribution in [2.75, 3.05) is 13.2 Å². The van der Waals surface area contributed by atoms with Crippen LogP contribution in [-0.4, -0.2) is 36.4 Å². The molecule has 3 atom stereocenters. The van der Waals surface area contributed by atoms with Crippen LogP contribution >= 0.6 is 12.4 Å². The molecule has 0 bridgehead atoms. The molecule has 1 aliphatic heterocycles. The minimum Gasteiger partial charge on any atom is -0.481 e. The van der Waals surface area contributed by atoms with Crippen molar-refractivity contribution in [3.8, 4) is 0 Å². The van der Waals surface area contributed by atoms with Crippen LogP contribution < -0.4 is 5.32 Å². The molecule has 0 saturated carbocycles. The van der Waals surface area contributed by atoms with E-state index in [0.717, 1.165) is 13.2 Å². The number of halogens is 1. The summed E-state index contributed by atoms with van der Waals surface area (Å²) in [6.07, 6.45) is 0.756. The third-order valence-electron chi connectivity index (χ3n) is 2.49. The number of carboxylic acids is 1. The van der Waals surface area contributed by atoms with Gasteiger partial charge in [0.2, 0.25) is 0 Å². The van der Waals surface area contributed by atoms with Crippen molar-refractivity contribution in [2.24, 2.45) is 5.92 Å². The maximum absolute atomic E-state index is 10.6. The monoisotopic (exact) mass is 223 g/mol. The largest absolute Gasteiger partial charge is 0.481 e. The third-order valence-corrected chi connectivity index (χ3v) is 2.49. The summed E-state index contributed by atoms with van der Waals surface area (Å²) >= 11 is 0. The van der Waals surface area contributed by atoms with E-state index < -0.39 is 5.97 Å². The lowest BCUT2D eigenvalue weighted by Crippen LogP contribution is -2.48. The molecule has 1 heterocycles. The molecule has 0 aromatic heterocycles. The fourth-order valence-corrected chi connectivity index (χ4v) is 1.53. The van der Waals surface area contributed by atoms with E-state index in [0.29, 0.717) is 6.42 Å². The van der Waals surface area contributed by atoms with Crippen LogP contribution in [0.4, 0.5) is 0 Å². The highest BCUT2D eigenvalue weighted by Gasteiger charge is 2.25. The van der Waals surface area contributed by atoms with E-state index in [4.69, 9.17) is 9.84 Å². The highest BCUT2D eigenvalue weighted by Crippen LogP contribution is 2.13. The Balaban J connectivity index is 0.00000169. The molecule has 1 aliphatic rings. The van der Waals surface area contributed by atoms with Gasteiger partial charge >= 0.3 is 5.97 Å². The van der Waals surface area contributed by atoms with Gasteiger partial charge in [-0.05, 0) is 13.3 Å². The molecule has 0 aromatic carbocycles. The fraction of sp³-hybridized carbons (Fsp3) is 0.889. The molecule has 1 unspecified atom stereocenters. The predicted octanol–water partition coefficient (Wildman–Crippen LogP) is 0.896. The van der Waals surface area contributed by atoms with Crippen molar-refractivity contribution in [3.05, 3.63) is 0 Å². The van der Waals surface area contributed by atoms with E-state index in [-0.39, 0.29) is 30.5 Å². The van der Waals surface area contributed by atoms with Gasteiger partial charge in [0.15, 0.2) is 0 Å². The molecule has 0 aliphatic carbocycles. The van der Waals surface area contributed by atoms with Crippen LogP contribution in [-0.2, 0) is 9.53 Å². The van der Waals surface area contributed by atoms with Crippen molar-refractivity contribution in [3.63, 3.8) is 0 Å². The number of carbonyl (C=O) groups is 1. The lowest BCUT2D eigenvalue weighted by molar-refractivity contribution is -0.142. The number of nitrogens with one attached hydrogen (secondary N) is 1. The SMILES string of the molecule is CC(C[C@H]1NCCO[C@@H]1C)C(=O)O.Cl. The Kier molecular flexibility index (Phi) is 6.08. The highest BCUT2D eigenvalue weighted by molar-refractivity contribution is 5.85. The van der Waals surface area contributed by atoms with Gasteiger partial charge < -0.3 is 15.2 Å². The van der Waals surface area contributed by atoms with Gasteiger partial charge in [-0.2, -0.15) is 0 Å². The van der Waals surface area contributed by atoms with Gasteiger partial charge in [0, 0.05) is 12.6 Å². The molecule has 1 fully saturated rings. The van der Waals surface area contributed by atoms with Gasteiger partial charge in [0.05, 0.1) is 18.6 Å². The summed E-state index contributed by atoms with van der Waals surface area (Å²) < 4.78 is 5.42. The molecule has 4 nitrogen and oxygen atoms in total. The van der Waals surface area contributed by atoms with Crippen LogP contribution in [0.25, 0.3) is 0 Å². The molecule has 0 spiro atoms. The molecule has 5 heteroatoms. The summed E-state index contributed by atoms with van der Waals surface area (Å²) in [6, 6.07) is 0.180. The molecule has 84 valence electrons. The number of hydrogen-bond acceptors (Lipinski definition) is 3. The molecule has 2 N–H and O–H groups in total. The molecule has 0 amide bonds. The first kappa shape index (κ1) is 13.7. The Bertz CT molecular complexity index is 189. The zero-order valence-corrected chi connectivity index (χ0v) is 9.34. The lowest BCUT2D eigenvalue weighted by atomic mass is 9.98. The first-order chi connectivity index (χ1) is 6.11. The average Bonchev–Trinajstić information content (AvgIpc) is 2.08. The summed E-state index contributed by atoms with van der Waals surface area (Å²) in [5.74, 6) is -1.04. The van der Waals surface area contributed by atoms with Gasteiger partial charge in [0.25, 0.3) is 0 Å². The minimum absolute atomic E-state index is 0. The quantitative estimate of drug-likeness (QED) is 0.747. The Morgan fingerprint density at radius 2 is 2.36 bits per heavy atom. The summed E-state index contributed by atoms with van der Waals surface area (Å²) in [5, 5.41) is 12.0. The normalized spacial score (nSPS) is 29.0. The number of hydrogen-bond donors (Lipinski definition) is 2. The summed E-state index contributed by atoms with van der Waals surface area (Å²) in [7, 11) is 0. The Morgan fingerprint density at radius 1 is 1.71 bits per heavy atom. The number of carboxylic acid groups (broad SMARTS) is 1. The van der Waals surface area contributed by atoms with Crippen LogP contribution in [0.1, 0.15) is 20.3 Å². The van der Waals surface area contributed by atoms with Gasteiger partial charge in [-0.3, -0.25) is 4.79 Å². The van der Waals surface area contributed by atoms with E-state index in [1.165, 1.54) is 0 Å². The second-order valence-electron chi connectivity index (χ2n) is 3.61.